The van der Waals surface area contributed by atoms with Gasteiger partial charge in [0.25, 0.3) is 11.6 Å². The van der Waals surface area contributed by atoms with Gasteiger partial charge in [0, 0.05) is 30.9 Å². The number of amides is 1. The minimum absolute atomic E-state index is 0.0417. The van der Waals surface area contributed by atoms with Crippen molar-refractivity contribution in [3.05, 3.63) is 64.2 Å². The van der Waals surface area contributed by atoms with Crippen LogP contribution in [0.25, 0.3) is 0 Å². The zero-order valence-electron chi connectivity index (χ0n) is 12.6. The standard InChI is InChI=1S/C16H17N3O4/c1-23-15-5-3-2-4-14(15)16(20)18-11-10-17-12-6-8-13(9-7-12)19(21)22/h2-9,17H,10-11H2,1H3,(H,18,20). The van der Waals surface area contributed by atoms with Crippen molar-refractivity contribution in [2.24, 2.45) is 0 Å². The van der Waals surface area contributed by atoms with Gasteiger partial charge in [0.2, 0.25) is 0 Å². The van der Waals surface area contributed by atoms with E-state index < -0.39 is 4.92 Å². The number of para-hydroxylation sites is 1. The Hall–Kier alpha value is -3.09. The Balaban J connectivity index is 1.81. The van der Waals surface area contributed by atoms with E-state index in [9.17, 15) is 14.9 Å². The molecule has 2 aromatic carbocycles. The second-order valence-corrected chi connectivity index (χ2v) is 4.69. The second-order valence-electron chi connectivity index (χ2n) is 4.69. The smallest absolute Gasteiger partial charge is 0.269 e. The van der Waals surface area contributed by atoms with Gasteiger partial charge in [-0.3, -0.25) is 14.9 Å². The molecule has 7 heteroatoms. The maximum atomic E-state index is 12.1. The Morgan fingerprint density at radius 2 is 1.83 bits per heavy atom. The minimum atomic E-state index is -0.447. The summed E-state index contributed by atoms with van der Waals surface area (Å²) in [4.78, 5) is 22.2. The molecule has 0 aliphatic rings. The lowest BCUT2D eigenvalue weighted by Gasteiger charge is -2.10. The number of carbonyl (C=O) groups is 1. The van der Waals surface area contributed by atoms with Crippen LogP contribution in [0.4, 0.5) is 11.4 Å². The molecule has 0 bridgehead atoms. The van der Waals surface area contributed by atoms with Gasteiger partial charge in [-0.25, -0.2) is 0 Å². The number of nitro benzene ring substituents is 1. The summed E-state index contributed by atoms with van der Waals surface area (Å²) < 4.78 is 5.14. The maximum absolute atomic E-state index is 12.1. The topological polar surface area (TPSA) is 93.5 Å². The third kappa shape index (κ3) is 4.44. The maximum Gasteiger partial charge on any atom is 0.269 e. The first kappa shape index (κ1) is 16.3. The number of anilines is 1. The number of nitrogens with one attached hydrogen (secondary N) is 2. The molecule has 0 aliphatic heterocycles. The number of benzene rings is 2. The Kier molecular flexibility index (Phi) is 5.51. The highest BCUT2D eigenvalue weighted by Crippen LogP contribution is 2.17. The summed E-state index contributed by atoms with van der Waals surface area (Å²) in [6.45, 7) is 0.909. The molecular formula is C16H17N3O4. The fraction of sp³-hybridized carbons (Fsp3) is 0.188. The van der Waals surface area contributed by atoms with Gasteiger partial charge < -0.3 is 15.4 Å². The lowest BCUT2D eigenvalue weighted by molar-refractivity contribution is -0.384. The molecule has 7 nitrogen and oxygen atoms in total. The van der Waals surface area contributed by atoms with Crippen molar-refractivity contribution >= 4 is 17.3 Å². The zero-order valence-corrected chi connectivity index (χ0v) is 12.6. The van der Waals surface area contributed by atoms with Crippen molar-refractivity contribution in [2.45, 2.75) is 0 Å². The molecule has 0 atom stereocenters. The van der Waals surface area contributed by atoms with Crippen molar-refractivity contribution in [1.82, 2.24) is 5.32 Å². The van der Waals surface area contributed by atoms with Crippen LogP contribution >= 0.6 is 0 Å². The third-order valence-electron chi connectivity index (χ3n) is 3.17. The predicted molar refractivity (Wildman–Crippen MR) is 86.9 cm³/mol. The Morgan fingerprint density at radius 1 is 1.13 bits per heavy atom. The first-order valence-corrected chi connectivity index (χ1v) is 7.01. The second kappa shape index (κ2) is 7.79. The summed E-state index contributed by atoms with van der Waals surface area (Å²) in [6, 6.07) is 13.1. The van der Waals surface area contributed by atoms with Gasteiger partial charge in [0.05, 0.1) is 17.6 Å². The fourth-order valence-corrected chi connectivity index (χ4v) is 2.01. The van der Waals surface area contributed by atoms with E-state index in [1.54, 1.807) is 36.4 Å². The van der Waals surface area contributed by atoms with E-state index in [1.165, 1.54) is 19.2 Å². The molecule has 0 saturated heterocycles. The molecule has 0 unspecified atom stereocenters. The largest absolute Gasteiger partial charge is 0.496 e. The molecule has 0 aliphatic carbocycles. The van der Waals surface area contributed by atoms with E-state index in [0.29, 0.717) is 24.4 Å². The van der Waals surface area contributed by atoms with Crippen molar-refractivity contribution in [1.29, 1.82) is 0 Å². The number of rotatable bonds is 7. The van der Waals surface area contributed by atoms with E-state index in [0.717, 1.165) is 5.69 Å². The predicted octanol–water partition coefficient (Wildman–Crippen LogP) is 2.45. The van der Waals surface area contributed by atoms with Crippen LogP contribution in [0.5, 0.6) is 5.75 Å². The monoisotopic (exact) mass is 315 g/mol. The SMILES string of the molecule is COc1ccccc1C(=O)NCCNc1ccc([N+](=O)[O-])cc1. The number of hydrogen-bond donors (Lipinski definition) is 2. The number of nitrogens with zero attached hydrogens (tertiary/aromatic N) is 1. The first-order valence-electron chi connectivity index (χ1n) is 7.01. The number of carbonyl (C=O) groups excluding carboxylic acids is 1. The highest BCUT2D eigenvalue weighted by molar-refractivity contribution is 5.96. The van der Waals surface area contributed by atoms with Gasteiger partial charge in [0.15, 0.2) is 0 Å². The molecule has 2 aromatic rings. The number of hydrogen-bond acceptors (Lipinski definition) is 5. The van der Waals surface area contributed by atoms with Crippen LogP contribution < -0.4 is 15.4 Å². The quantitative estimate of drug-likeness (QED) is 0.465. The highest BCUT2D eigenvalue weighted by atomic mass is 16.6. The molecule has 0 aromatic heterocycles. The van der Waals surface area contributed by atoms with Crippen LogP contribution in [-0.4, -0.2) is 31.0 Å². The van der Waals surface area contributed by atoms with Crippen molar-refractivity contribution in [2.75, 3.05) is 25.5 Å². The van der Waals surface area contributed by atoms with Crippen molar-refractivity contribution in [3.8, 4) is 5.75 Å². The summed E-state index contributed by atoms with van der Waals surface area (Å²) in [7, 11) is 1.52. The van der Waals surface area contributed by atoms with E-state index in [2.05, 4.69) is 10.6 Å². The van der Waals surface area contributed by atoms with E-state index >= 15 is 0 Å². The van der Waals surface area contributed by atoms with Crippen LogP contribution in [0.15, 0.2) is 48.5 Å². The molecule has 2 rings (SSSR count). The van der Waals surface area contributed by atoms with Crippen LogP contribution in [0, 0.1) is 10.1 Å². The molecule has 0 heterocycles. The normalized spacial score (nSPS) is 9.96. The number of non-ortho nitro benzene ring substituents is 1. The number of methoxy groups -OCH3 is 1. The molecule has 23 heavy (non-hydrogen) atoms. The molecular weight excluding hydrogens is 298 g/mol. The van der Waals surface area contributed by atoms with Crippen LogP contribution in [0.2, 0.25) is 0 Å². The lowest BCUT2D eigenvalue weighted by atomic mass is 10.2. The van der Waals surface area contributed by atoms with Crippen LogP contribution in [0.3, 0.4) is 0 Å². The first-order chi connectivity index (χ1) is 11.1. The molecule has 0 fully saturated rings. The zero-order chi connectivity index (χ0) is 16.7. The highest BCUT2D eigenvalue weighted by Gasteiger charge is 2.10. The van der Waals surface area contributed by atoms with Crippen molar-refractivity contribution < 1.29 is 14.5 Å². The van der Waals surface area contributed by atoms with Gasteiger partial charge in [-0.15, -0.1) is 0 Å². The summed E-state index contributed by atoms with van der Waals surface area (Å²) in [5, 5.41) is 16.4. The third-order valence-corrected chi connectivity index (χ3v) is 3.17. The molecule has 0 saturated carbocycles. The number of ether oxygens (including phenoxy) is 1. The average molecular weight is 315 g/mol. The van der Waals surface area contributed by atoms with Gasteiger partial charge >= 0.3 is 0 Å². The molecule has 120 valence electrons. The fourth-order valence-electron chi connectivity index (χ4n) is 2.01. The summed E-state index contributed by atoms with van der Waals surface area (Å²) in [6.07, 6.45) is 0. The van der Waals surface area contributed by atoms with E-state index in [4.69, 9.17) is 4.74 Å². The van der Waals surface area contributed by atoms with Crippen LogP contribution in [-0.2, 0) is 0 Å². The Labute approximate surface area is 133 Å². The van der Waals surface area contributed by atoms with Gasteiger partial charge in [0.1, 0.15) is 5.75 Å². The number of nitro groups is 1. The molecule has 1 amide bonds. The molecule has 0 radical (unpaired) electrons. The summed E-state index contributed by atoms with van der Waals surface area (Å²) >= 11 is 0. The van der Waals surface area contributed by atoms with Gasteiger partial charge in [-0.05, 0) is 24.3 Å². The van der Waals surface area contributed by atoms with Crippen LogP contribution in [0.1, 0.15) is 10.4 Å². The average Bonchev–Trinajstić information content (AvgIpc) is 2.58. The van der Waals surface area contributed by atoms with E-state index in [-0.39, 0.29) is 11.6 Å². The van der Waals surface area contributed by atoms with Gasteiger partial charge in [-0.2, -0.15) is 0 Å². The summed E-state index contributed by atoms with van der Waals surface area (Å²) in [5.74, 6) is 0.307. The van der Waals surface area contributed by atoms with Gasteiger partial charge in [-0.1, -0.05) is 12.1 Å². The Bertz CT molecular complexity index is 686. The molecule has 2 N–H and O–H groups in total. The van der Waals surface area contributed by atoms with E-state index in [1.807, 2.05) is 0 Å². The van der Waals surface area contributed by atoms with Crippen molar-refractivity contribution in [3.63, 3.8) is 0 Å². The minimum Gasteiger partial charge on any atom is -0.496 e. The Morgan fingerprint density at radius 3 is 2.48 bits per heavy atom. The lowest BCUT2D eigenvalue weighted by Crippen LogP contribution is -2.29. The molecule has 0 spiro atoms. The summed E-state index contributed by atoms with van der Waals surface area (Å²) in [5.41, 5.74) is 1.27.